The fraction of sp³-hybridized carbons (Fsp3) is 0.105. The summed E-state index contributed by atoms with van der Waals surface area (Å²) in [6, 6.07) is 43.5. The first-order chi connectivity index (χ1) is 20.7. The van der Waals surface area contributed by atoms with Gasteiger partial charge in [-0.2, -0.15) is 0 Å². The number of carbonyl (C=O) groups excluding carboxylic acids is 2. The van der Waals surface area contributed by atoms with Gasteiger partial charge in [0.2, 0.25) is 0 Å². The summed E-state index contributed by atoms with van der Waals surface area (Å²) in [6.45, 7) is 0. The molecule has 4 heteroatoms. The van der Waals surface area contributed by atoms with Crippen molar-refractivity contribution in [2.45, 2.75) is 24.0 Å². The Hall–Kier alpha value is -5.22. The molecule has 0 aromatic heterocycles. The lowest BCUT2D eigenvalue weighted by molar-refractivity contribution is -0.0557. The lowest BCUT2D eigenvalue weighted by atomic mass is 9.61. The van der Waals surface area contributed by atoms with Crippen molar-refractivity contribution in [2.24, 2.45) is 0 Å². The average molecular weight is 547 g/mol. The maximum absolute atomic E-state index is 13.7. The summed E-state index contributed by atoms with van der Waals surface area (Å²) in [7, 11) is 0. The molecule has 3 aliphatic carbocycles. The molecule has 4 nitrogen and oxygen atoms in total. The first-order valence-corrected chi connectivity index (χ1v) is 14.2. The van der Waals surface area contributed by atoms with E-state index in [2.05, 4.69) is 24.3 Å². The minimum absolute atomic E-state index is 0.263. The predicted molar refractivity (Wildman–Crippen MR) is 163 cm³/mol. The fourth-order valence-corrected chi connectivity index (χ4v) is 6.86. The minimum Gasteiger partial charge on any atom is -0.454 e. The molecule has 0 amide bonds. The monoisotopic (exact) mass is 546 g/mol. The number of benzene rings is 6. The molecule has 2 atom stereocenters. The summed E-state index contributed by atoms with van der Waals surface area (Å²) in [5.41, 5.74) is 5.37. The maximum atomic E-state index is 13.7. The lowest BCUT2D eigenvalue weighted by Crippen LogP contribution is -2.51. The number of ether oxygens (including phenoxy) is 2. The second-order valence-corrected chi connectivity index (χ2v) is 11.1. The van der Waals surface area contributed by atoms with Crippen LogP contribution in [0.2, 0.25) is 0 Å². The maximum Gasteiger partial charge on any atom is 0.338 e. The van der Waals surface area contributed by atoms with E-state index in [1.807, 2.05) is 97.1 Å². The van der Waals surface area contributed by atoms with Gasteiger partial charge in [-0.05, 0) is 68.1 Å². The highest BCUT2D eigenvalue weighted by Crippen LogP contribution is 2.55. The van der Waals surface area contributed by atoms with Crippen LogP contribution in [-0.2, 0) is 9.47 Å². The average Bonchev–Trinajstić information content (AvgIpc) is 3.05. The van der Waals surface area contributed by atoms with Gasteiger partial charge in [-0.3, -0.25) is 0 Å². The van der Waals surface area contributed by atoms with Crippen LogP contribution in [0, 0.1) is 0 Å². The van der Waals surface area contributed by atoms with Gasteiger partial charge in [-0.25, -0.2) is 9.59 Å². The first-order valence-electron chi connectivity index (χ1n) is 14.2. The molecule has 0 aliphatic heterocycles. The van der Waals surface area contributed by atoms with Crippen molar-refractivity contribution >= 4 is 33.5 Å². The Balaban J connectivity index is 1.21. The smallest absolute Gasteiger partial charge is 0.338 e. The summed E-state index contributed by atoms with van der Waals surface area (Å²) in [5.74, 6) is -1.39. The first kappa shape index (κ1) is 24.6. The zero-order valence-electron chi connectivity index (χ0n) is 22.6. The van der Waals surface area contributed by atoms with Crippen LogP contribution < -0.4 is 0 Å². The van der Waals surface area contributed by atoms with Crippen LogP contribution >= 0.6 is 0 Å². The van der Waals surface area contributed by atoms with Gasteiger partial charge in [0.25, 0.3) is 0 Å². The van der Waals surface area contributed by atoms with Crippen molar-refractivity contribution in [3.63, 3.8) is 0 Å². The van der Waals surface area contributed by atoms with E-state index in [-0.39, 0.29) is 11.8 Å². The zero-order valence-corrected chi connectivity index (χ0v) is 22.6. The number of esters is 2. The molecule has 6 aromatic carbocycles. The van der Waals surface area contributed by atoms with Crippen LogP contribution in [0.5, 0.6) is 0 Å². The van der Waals surface area contributed by atoms with E-state index in [1.165, 1.54) is 0 Å². The van der Waals surface area contributed by atoms with E-state index < -0.39 is 24.1 Å². The molecule has 9 rings (SSSR count). The molecule has 0 saturated carbocycles. The van der Waals surface area contributed by atoms with E-state index >= 15 is 0 Å². The van der Waals surface area contributed by atoms with E-state index in [0.29, 0.717) is 11.1 Å². The molecule has 2 bridgehead atoms. The summed E-state index contributed by atoms with van der Waals surface area (Å²) >= 11 is 0. The van der Waals surface area contributed by atoms with Crippen molar-refractivity contribution in [3.8, 4) is 0 Å². The van der Waals surface area contributed by atoms with Crippen LogP contribution in [-0.4, -0.2) is 24.1 Å². The number of carbonyl (C=O) groups is 2. The largest absolute Gasteiger partial charge is 0.454 e. The number of hydrogen-bond donors (Lipinski definition) is 0. The van der Waals surface area contributed by atoms with Crippen molar-refractivity contribution in [1.29, 1.82) is 0 Å². The number of hydrogen-bond acceptors (Lipinski definition) is 4. The lowest BCUT2D eigenvalue weighted by Gasteiger charge is -2.49. The van der Waals surface area contributed by atoms with Crippen LogP contribution in [0.25, 0.3) is 21.5 Å². The second-order valence-electron chi connectivity index (χ2n) is 11.1. The van der Waals surface area contributed by atoms with Gasteiger partial charge in [-0.15, -0.1) is 0 Å². The highest BCUT2D eigenvalue weighted by molar-refractivity contribution is 5.97. The Bertz CT molecular complexity index is 1830. The molecule has 0 N–H and O–H groups in total. The fourth-order valence-electron chi connectivity index (χ4n) is 6.86. The van der Waals surface area contributed by atoms with Gasteiger partial charge in [0.1, 0.15) is 0 Å². The van der Waals surface area contributed by atoms with Gasteiger partial charge < -0.3 is 9.47 Å². The molecule has 2 unspecified atom stereocenters. The molecule has 0 heterocycles. The third kappa shape index (κ3) is 3.91. The number of fused-ring (bicyclic) bond motifs is 3. The molecule has 0 spiro atoms. The van der Waals surface area contributed by atoms with E-state index in [4.69, 9.17) is 9.47 Å². The standard InChI is InChI=1S/C38H26O4/c39-37(27-19-17-23-9-1-3-11-25(23)21-27)41-35-33-29-13-5-7-15-31(29)34(32-16-8-6-14-30(32)33)36(35)42-38(40)28-20-18-24-10-2-4-12-26(24)22-28/h1-22,33-36H/t33-,34-,35?,36?. The molecular weight excluding hydrogens is 520 g/mol. The molecule has 3 aliphatic rings. The molecule has 202 valence electrons. The number of rotatable bonds is 4. The van der Waals surface area contributed by atoms with E-state index in [1.54, 1.807) is 12.1 Å². The Morgan fingerprint density at radius 1 is 0.405 bits per heavy atom. The Morgan fingerprint density at radius 3 is 1.12 bits per heavy atom. The summed E-state index contributed by atoms with van der Waals surface area (Å²) in [6.07, 6.45) is -1.38. The van der Waals surface area contributed by atoms with Crippen molar-refractivity contribution in [3.05, 3.63) is 167 Å². The Labute approximate surface area is 243 Å². The summed E-state index contributed by atoms with van der Waals surface area (Å²) < 4.78 is 12.8. The van der Waals surface area contributed by atoms with Gasteiger partial charge in [0.05, 0.1) is 23.0 Å². The highest BCUT2D eigenvalue weighted by Gasteiger charge is 2.53. The van der Waals surface area contributed by atoms with E-state index in [0.717, 1.165) is 43.8 Å². The summed E-state index contributed by atoms with van der Waals surface area (Å²) in [5, 5.41) is 4.03. The minimum atomic E-state index is -0.692. The van der Waals surface area contributed by atoms with Crippen molar-refractivity contribution in [2.75, 3.05) is 0 Å². The topological polar surface area (TPSA) is 52.6 Å². The molecule has 0 fully saturated rings. The van der Waals surface area contributed by atoms with Crippen molar-refractivity contribution in [1.82, 2.24) is 0 Å². The highest BCUT2D eigenvalue weighted by atomic mass is 16.6. The molecule has 0 radical (unpaired) electrons. The quantitative estimate of drug-likeness (QED) is 0.210. The molecule has 42 heavy (non-hydrogen) atoms. The second kappa shape index (κ2) is 9.71. The summed E-state index contributed by atoms with van der Waals surface area (Å²) in [4.78, 5) is 27.5. The van der Waals surface area contributed by atoms with Crippen LogP contribution in [0.15, 0.2) is 133 Å². The Kier molecular flexibility index (Phi) is 5.68. The zero-order chi connectivity index (χ0) is 28.2. The van der Waals surface area contributed by atoms with E-state index in [9.17, 15) is 9.59 Å². The van der Waals surface area contributed by atoms with Crippen LogP contribution in [0.3, 0.4) is 0 Å². The third-order valence-electron chi connectivity index (χ3n) is 8.77. The van der Waals surface area contributed by atoms with Gasteiger partial charge >= 0.3 is 11.9 Å². The Morgan fingerprint density at radius 2 is 0.738 bits per heavy atom. The van der Waals surface area contributed by atoms with Crippen LogP contribution in [0.1, 0.15) is 54.8 Å². The molecular formula is C38H26O4. The van der Waals surface area contributed by atoms with Gasteiger partial charge in [-0.1, -0.05) is 109 Å². The van der Waals surface area contributed by atoms with Crippen molar-refractivity contribution < 1.29 is 19.1 Å². The third-order valence-corrected chi connectivity index (χ3v) is 8.77. The van der Waals surface area contributed by atoms with Gasteiger partial charge in [0, 0.05) is 0 Å². The SMILES string of the molecule is O=C(OC1C(OC(=O)c2ccc3ccccc3c2)[C@H]2c3ccccc3[C@H]1c1ccccc12)c1ccc2ccccc2c1. The van der Waals surface area contributed by atoms with Gasteiger partial charge in [0.15, 0.2) is 12.2 Å². The molecule has 6 aromatic rings. The normalized spacial score (nSPS) is 20.1. The molecule has 0 saturated heterocycles. The van der Waals surface area contributed by atoms with Crippen LogP contribution in [0.4, 0.5) is 0 Å². The predicted octanol–water partition coefficient (Wildman–Crippen LogP) is 8.04.